The second kappa shape index (κ2) is 6.01. The van der Waals surface area contributed by atoms with Gasteiger partial charge in [0.2, 0.25) is 0 Å². The van der Waals surface area contributed by atoms with Crippen LogP contribution in [0.2, 0.25) is 0 Å². The highest BCUT2D eigenvalue weighted by Crippen LogP contribution is 2.15. The van der Waals surface area contributed by atoms with Crippen LogP contribution in [0.3, 0.4) is 0 Å². The van der Waals surface area contributed by atoms with E-state index in [-0.39, 0.29) is 6.10 Å². The highest BCUT2D eigenvalue weighted by molar-refractivity contribution is 6.29. The molecule has 0 aromatic heterocycles. The van der Waals surface area contributed by atoms with Gasteiger partial charge in [-0.1, -0.05) is 35.9 Å². The lowest BCUT2D eigenvalue weighted by Gasteiger charge is -2.15. The van der Waals surface area contributed by atoms with Crippen LogP contribution in [0.1, 0.15) is 20.3 Å². The second-order valence-corrected chi connectivity index (χ2v) is 3.76. The molecule has 0 aliphatic carbocycles. The summed E-state index contributed by atoms with van der Waals surface area (Å²) >= 11 is 5.72. The molecule has 0 N–H and O–H groups in total. The molecule has 0 spiro atoms. The van der Waals surface area contributed by atoms with E-state index < -0.39 is 0 Å². The Balaban J connectivity index is 4.18. The van der Waals surface area contributed by atoms with E-state index in [1.807, 2.05) is 19.9 Å². The molecule has 0 amide bonds. The van der Waals surface area contributed by atoms with Crippen molar-refractivity contribution >= 4 is 11.6 Å². The summed E-state index contributed by atoms with van der Waals surface area (Å²) in [4.78, 5) is 0. The van der Waals surface area contributed by atoms with Crippen molar-refractivity contribution in [2.24, 2.45) is 0 Å². The number of methoxy groups -OCH3 is 1. The van der Waals surface area contributed by atoms with Crippen LogP contribution in [0.25, 0.3) is 0 Å². The number of hydrogen-bond acceptors (Lipinski definition) is 1. The fourth-order valence-electron chi connectivity index (χ4n) is 1.04. The van der Waals surface area contributed by atoms with Crippen LogP contribution in [-0.4, -0.2) is 13.2 Å². The van der Waals surface area contributed by atoms with Crippen LogP contribution >= 0.6 is 11.6 Å². The van der Waals surface area contributed by atoms with Gasteiger partial charge in [-0.05, 0) is 19.9 Å². The van der Waals surface area contributed by atoms with Crippen molar-refractivity contribution in [1.29, 1.82) is 0 Å². The van der Waals surface area contributed by atoms with E-state index in [1.165, 1.54) is 0 Å². The Bertz CT molecular complexity index is 224. The summed E-state index contributed by atoms with van der Waals surface area (Å²) in [6.45, 7) is 11.5. The maximum atomic E-state index is 5.72. The van der Waals surface area contributed by atoms with Gasteiger partial charge in [0.25, 0.3) is 0 Å². The zero-order chi connectivity index (χ0) is 10.4. The first-order valence-electron chi connectivity index (χ1n) is 4.17. The van der Waals surface area contributed by atoms with E-state index in [0.29, 0.717) is 0 Å². The first-order chi connectivity index (χ1) is 5.97. The second-order valence-electron chi connectivity index (χ2n) is 3.16. The van der Waals surface area contributed by atoms with Gasteiger partial charge in [0, 0.05) is 18.6 Å². The summed E-state index contributed by atoms with van der Waals surface area (Å²) in [6.07, 6.45) is 2.63. The van der Waals surface area contributed by atoms with Crippen molar-refractivity contribution in [2.75, 3.05) is 7.11 Å². The van der Waals surface area contributed by atoms with E-state index in [4.69, 9.17) is 16.3 Å². The van der Waals surface area contributed by atoms with Crippen LogP contribution in [0.5, 0.6) is 0 Å². The third-order valence-corrected chi connectivity index (χ3v) is 1.79. The van der Waals surface area contributed by atoms with Crippen molar-refractivity contribution in [2.45, 2.75) is 26.4 Å². The van der Waals surface area contributed by atoms with Crippen molar-refractivity contribution in [3.05, 3.63) is 35.4 Å². The van der Waals surface area contributed by atoms with E-state index in [1.54, 1.807) is 7.11 Å². The van der Waals surface area contributed by atoms with Gasteiger partial charge in [-0.25, -0.2) is 0 Å². The maximum absolute atomic E-state index is 5.72. The summed E-state index contributed by atoms with van der Waals surface area (Å²) in [5.74, 6) is 0. The summed E-state index contributed by atoms with van der Waals surface area (Å²) in [7, 11) is 1.67. The summed E-state index contributed by atoms with van der Waals surface area (Å²) in [5, 5.41) is 0.738. The zero-order valence-electron chi connectivity index (χ0n) is 8.56. The molecule has 1 unspecified atom stereocenters. The third-order valence-electron chi connectivity index (χ3n) is 1.68. The molecule has 0 aromatic carbocycles. The first kappa shape index (κ1) is 12.5. The first-order valence-corrected chi connectivity index (χ1v) is 4.55. The Morgan fingerprint density at radius 3 is 2.31 bits per heavy atom. The molecule has 0 saturated heterocycles. The number of hydrogen-bond donors (Lipinski definition) is 0. The average molecular weight is 201 g/mol. The minimum atomic E-state index is 0.0415. The molecule has 0 heterocycles. The predicted molar refractivity (Wildman–Crippen MR) is 59.0 cm³/mol. The number of halogens is 1. The molecule has 0 radical (unpaired) electrons. The van der Waals surface area contributed by atoms with Crippen LogP contribution in [0.4, 0.5) is 0 Å². The van der Waals surface area contributed by atoms with Gasteiger partial charge in [-0.3, -0.25) is 0 Å². The molecule has 0 aliphatic heterocycles. The molecule has 1 atom stereocenters. The average Bonchev–Trinajstić information content (AvgIpc) is 1.98. The van der Waals surface area contributed by atoms with E-state index in [2.05, 4.69) is 13.2 Å². The van der Waals surface area contributed by atoms with Crippen LogP contribution < -0.4 is 0 Å². The molecular weight excluding hydrogens is 184 g/mol. The number of ether oxygens (including phenoxy) is 1. The van der Waals surface area contributed by atoms with Crippen LogP contribution in [-0.2, 0) is 4.74 Å². The highest BCUT2D eigenvalue weighted by atomic mass is 35.5. The van der Waals surface area contributed by atoms with Gasteiger partial charge in [0.05, 0.1) is 6.10 Å². The molecule has 0 rings (SSSR count). The van der Waals surface area contributed by atoms with Crippen molar-refractivity contribution in [3.8, 4) is 0 Å². The molecule has 13 heavy (non-hydrogen) atoms. The Kier molecular flexibility index (Phi) is 5.76. The van der Waals surface area contributed by atoms with E-state index >= 15 is 0 Å². The third kappa shape index (κ3) is 5.67. The molecule has 1 nitrogen and oxygen atoms in total. The Hall–Kier alpha value is -0.530. The monoisotopic (exact) mass is 200 g/mol. The predicted octanol–water partition coefficient (Wildman–Crippen LogP) is 3.67. The van der Waals surface area contributed by atoms with Gasteiger partial charge < -0.3 is 4.74 Å². The van der Waals surface area contributed by atoms with E-state index in [9.17, 15) is 0 Å². The molecule has 0 fully saturated rings. The van der Waals surface area contributed by atoms with Gasteiger partial charge in [0.15, 0.2) is 0 Å². The van der Waals surface area contributed by atoms with Crippen molar-refractivity contribution in [1.82, 2.24) is 0 Å². The lowest BCUT2D eigenvalue weighted by Crippen LogP contribution is -2.11. The standard InChI is InChI=1S/C11H17ClO/c1-8(2)11(13-5)7-9(3)6-10(4)12/h6,11H,1,3,7H2,2,4-5H3. The molecule has 0 aromatic rings. The van der Waals surface area contributed by atoms with Crippen molar-refractivity contribution in [3.63, 3.8) is 0 Å². The van der Waals surface area contributed by atoms with Gasteiger partial charge in [0.1, 0.15) is 0 Å². The van der Waals surface area contributed by atoms with Crippen LogP contribution in [0.15, 0.2) is 35.4 Å². The Labute approximate surface area is 85.7 Å². The number of rotatable bonds is 5. The Morgan fingerprint density at radius 2 is 2.00 bits per heavy atom. The quantitative estimate of drug-likeness (QED) is 0.486. The highest BCUT2D eigenvalue weighted by Gasteiger charge is 2.08. The summed E-state index contributed by atoms with van der Waals surface area (Å²) in [6, 6.07) is 0. The van der Waals surface area contributed by atoms with Gasteiger partial charge >= 0.3 is 0 Å². The van der Waals surface area contributed by atoms with Crippen molar-refractivity contribution < 1.29 is 4.74 Å². The maximum Gasteiger partial charge on any atom is 0.0816 e. The molecule has 0 saturated carbocycles. The summed E-state index contributed by atoms with van der Waals surface area (Å²) < 4.78 is 5.23. The summed E-state index contributed by atoms with van der Waals surface area (Å²) in [5.41, 5.74) is 1.96. The normalized spacial score (nSPS) is 14.0. The molecule has 74 valence electrons. The largest absolute Gasteiger partial charge is 0.377 e. The Morgan fingerprint density at radius 1 is 1.46 bits per heavy atom. The van der Waals surface area contributed by atoms with Gasteiger partial charge in [-0.2, -0.15) is 0 Å². The topological polar surface area (TPSA) is 9.23 Å². The lowest BCUT2D eigenvalue weighted by atomic mass is 10.0. The molecule has 0 bridgehead atoms. The minimum Gasteiger partial charge on any atom is -0.377 e. The molecular formula is C11H17ClO. The van der Waals surface area contributed by atoms with E-state index in [0.717, 1.165) is 22.6 Å². The molecule has 2 heteroatoms. The SMILES string of the molecule is C=C(C=C(C)Cl)CC(OC)C(=C)C. The molecule has 0 aliphatic rings. The smallest absolute Gasteiger partial charge is 0.0816 e. The van der Waals surface area contributed by atoms with Gasteiger partial charge in [-0.15, -0.1) is 0 Å². The zero-order valence-corrected chi connectivity index (χ0v) is 9.32. The lowest BCUT2D eigenvalue weighted by molar-refractivity contribution is 0.133. The minimum absolute atomic E-state index is 0.0415. The number of allylic oxidation sites excluding steroid dienone is 2. The fraction of sp³-hybridized carbons (Fsp3) is 0.455. The van der Waals surface area contributed by atoms with Crippen LogP contribution in [0, 0.1) is 0 Å². The fourth-order valence-corrected chi connectivity index (χ4v) is 1.19.